The summed E-state index contributed by atoms with van der Waals surface area (Å²) in [4.78, 5) is 43.3. The molecule has 228 valence electrons. The minimum Gasteiger partial charge on any atom is -0.426 e. The van der Waals surface area contributed by atoms with Gasteiger partial charge in [0.15, 0.2) is 0 Å². The third kappa shape index (κ3) is 7.94. The van der Waals surface area contributed by atoms with Gasteiger partial charge in [-0.05, 0) is 86.8 Å². The van der Waals surface area contributed by atoms with Crippen molar-refractivity contribution in [2.75, 3.05) is 31.5 Å². The molecule has 3 heterocycles. The maximum Gasteiger partial charge on any atom is 0.412 e. The summed E-state index contributed by atoms with van der Waals surface area (Å²) in [5.41, 5.74) is 4.50. The normalized spacial score (nSPS) is 16.7. The van der Waals surface area contributed by atoms with Gasteiger partial charge in [0, 0.05) is 54.5 Å². The zero-order chi connectivity index (χ0) is 30.5. The maximum absolute atomic E-state index is 13.4. The SMILES string of the molecule is CC(=O)OC(C)OC(=O)N1CC(Nc2ccc(C)c(C(=O)NC(C)c3cccc(-c4ccc(CN5CCCC5)s4)c3)c2)C1. The van der Waals surface area contributed by atoms with Crippen LogP contribution in [0.3, 0.4) is 0 Å². The summed E-state index contributed by atoms with van der Waals surface area (Å²) < 4.78 is 9.97. The predicted octanol–water partition coefficient (Wildman–Crippen LogP) is 5.95. The van der Waals surface area contributed by atoms with Crippen LogP contribution in [-0.4, -0.2) is 66.3 Å². The van der Waals surface area contributed by atoms with Gasteiger partial charge in [-0.15, -0.1) is 11.3 Å². The summed E-state index contributed by atoms with van der Waals surface area (Å²) >= 11 is 1.84. The first-order valence-electron chi connectivity index (χ1n) is 14.9. The topological polar surface area (TPSA) is 100 Å². The predicted molar refractivity (Wildman–Crippen MR) is 168 cm³/mol. The standard InChI is InChI=1S/C33H40N4O5S/c1-21-10-11-27(35-28-18-37(19-28)33(40)42-24(4)41-23(3)38)17-30(21)32(39)34-22(2)25-8-7-9-26(16-25)31-13-12-29(43-31)20-36-14-5-6-15-36/h7-13,16-17,22,24,28,35H,5-6,14-15,18-20H2,1-4H3,(H,34,39). The molecule has 0 radical (unpaired) electrons. The summed E-state index contributed by atoms with van der Waals surface area (Å²) in [5.74, 6) is -0.646. The van der Waals surface area contributed by atoms with Crippen molar-refractivity contribution in [2.45, 2.75) is 65.5 Å². The van der Waals surface area contributed by atoms with Gasteiger partial charge in [0.05, 0.1) is 12.1 Å². The Balaban J connectivity index is 1.15. The second kappa shape index (κ2) is 13.6. The van der Waals surface area contributed by atoms with Gasteiger partial charge in [0.1, 0.15) is 0 Å². The number of anilines is 1. The number of nitrogens with zero attached hydrogens (tertiary/aromatic N) is 2. The molecule has 1 aromatic heterocycles. The first-order valence-corrected chi connectivity index (χ1v) is 15.7. The smallest absolute Gasteiger partial charge is 0.412 e. The number of rotatable bonds is 10. The molecule has 2 amide bonds. The van der Waals surface area contributed by atoms with Crippen LogP contribution in [0.25, 0.3) is 10.4 Å². The van der Waals surface area contributed by atoms with E-state index in [0.717, 1.165) is 28.9 Å². The number of amides is 2. The van der Waals surface area contributed by atoms with Crippen molar-refractivity contribution >= 4 is 35.0 Å². The zero-order valence-electron chi connectivity index (χ0n) is 25.2. The molecule has 0 aliphatic carbocycles. The van der Waals surface area contributed by atoms with Crippen molar-refractivity contribution in [1.29, 1.82) is 0 Å². The van der Waals surface area contributed by atoms with Crippen molar-refractivity contribution in [3.05, 3.63) is 76.2 Å². The fraction of sp³-hybridized carbons (Fsp3) is 0.424. The number of thiophene rings is 1. The molecular formula is C33H40N4O5S. The molecule has 5 rings (SSSR count). The first-order chi connectivity index (χ1) is 20.6. The Labute approximate surface area is 257 Å². The van der Waals surface area contributed by atoms with Crippen molar-refractivity contribution in [3.63, 3.8) is 0 Å². The van der Waals surface area contributed by atoms with Crippen LogP contribution in [0, 0.1) is 6.92 Å². The highest BCUT2D eigenvalue weighted by atomic mass is 32.1. The average Bonchev–Trinajstić information content (AvgIpc) is 3.63. The molecule has 9 nitrogen and oxygen atoms in total. The van der Waals surface area contributed by atoms with Gasteiger partial charge in [-0.25, -0.2) is 4.79 Å². The van der Waals surface area contributed by atoms with Crippen molar-refractivity contribution in [2.24, 2.45) is 0 Å². The number of ether oxygens (including phenoxy) is 2. The summed E-state index contributed by atoms with van der Waals surface area (Å²) in [6.45, 7) is 11.0. The van der Waals surface area contributed by atoms with E-state index in [4.69, 9.17) is 9.47 Å². The summed E-state index contributed by atoms with van der Waals surface area (Å²) in [6, 6.07) is 18.4. The lowest BCUT2D eigenvalue weighted by atomic mass is 10.0. The Hall–Kier alpha value is -3.89. The lowest BCUT2D eigenvalue weighted by Crippen LogP contribution is -2.57. The Morgan fingerprint density at radius 2 is 1.77 bits per heavy atom. The molecule has 2 aliphatic heterocycles. The number of hydrogen-bond donors (Lipinski definition) is 2. The van der Waals surface area contributed by atoms with Crippen molar-refractivity contribution < 1.29 is 23.9 Å². The molecular weight excluding hydrogens is 564 g/mol. The van der Waals surface area contributed by atoms with Gasteiger partial charge in [-0.1, -0.05) is 24.3 Å². The molecule has 43 heavy (non-hydrogen) atoms. The Morgan fingerprint density at radius 1 is 1.00 bits per heavy atom. The van der Waals surface area contributed by atoms with Crippen LogP contribution in [0.1, 0.15) is 66.0 Å². The highest BCUT2D eigenvalue weighted by molar-refractivity contribution is 7.15. The Kier molecular flexibility index (Phi) is 9.67. The van der Waals surface area contributed by atoms with E-state index in [2.05, 4.69) is 51.9 Å². The lowest BCUT2D eigenvalue weighted by Gasteiger charge is -2.39. The monoisotopic (exact) mass is 604 g/mol. The molecule has 0 spiro atoms. The minimum atomic E-state index is -0.937. The first kappa shape index (κ1) is 30.6. The molecule has 2 aromatic carbocycles. The molecule has 2 unspecified atom stereocenters. The summed E-state index contributed by atoms with van der Waals surface area (Å²) in [6.07, 6.45) is 1.12. The van der Waals surface area contributed by atoms with Crippen LogP contribution in [0.15, 0.2) is 54.6 Å². The summed E-state index contributed by atoms with van der Waals surface area (Å²) in [7, 11) is 0. The number of esters is 1. The number of aryl methyl sites for hydroxylation is 1. The van der Waals surface area contributed by atoms with E-state index in [1.807, 2.05) is 43.4 Å². The van der Waals surface area contributed by atoms with Gasteiger partial charge < -0.3 is 25.0 Å². The number of carbonyl (C=O) groups excluding carboxylic acids is 3. The maximum atomic E-state index is 13.4. The van der Waals surface area contributed by atoms with Crippen LogP contribution in [0.2, 0.25) is 0 Å². The van der Waals surface area contributed by atoms with E-state index in [9.17, 15) is 14.4 Å². The van der Waals surface area contributed by atoms with Crippen LogP contribution < -0.4 is 10.6 Å². The molecule has 2 fully saturated rings. The van der Waals surface area contributed by atoms with Crippen LogP contribution in [0.4, 0.5) is 10.5 Å². The van der Waals surface area contributed by atoms with E-state index < -0.39 is 18.4 Å². The van der Waals surface area contributed by atoms with Gasteiger partial charge >= 0.3 is 12.1 Å². The quantitative estimate of drug-likeness (QED) is 0.218. The highest BCUT2D eigenvalue weighted by Crippen LogP contribution is 2.31. The van der Waals surface area contributed by atoms with E-state index in [1.54, 1.807) is 0 Å². The number of likely N-dealkylation sites (tertiary alicyclic amines) is 2. The number of carbonyl (C=O) groups is 3. The Morgan fingerprint density at radius 3 is 2.51 bits per heavy atom. The largest absolute Gasteiger partial charge is 0.426 e. The van der Waals surface area contributed by atoms with Gasteiger partial charge in [0.25, 0.3) is 5.91 Å². The minimum absolute atomic E-state index is 0.0185. The molecule has 2 N–H and O–H groups in total. The number of nitrogens with one attached hydrogen (secondary N) is 2. The fourth-order valence-electron chi connectivity index (χ4n) is 5.48. The van der Waals surface area contributed by atoms with Gasteiger partial charge in [-0.3, -0.25) is 14.5 Å². The number of hydrogen-bond acceptors (Lipinski definition) is 8. The van der Waals surface area contributed by atoms with Crippen LogP contribution in [0.5, 0.6) is 0 Å². The van der Waals surface area contributed by atoms with Gasteiger partial charge in [0.2, 0.25) is 6.29 Å². The second-order valence-corrected chi connectivity index (χ2v) is 12.6. The average molecular weight is 605 g/mol. The molecule has 0 saturated carbocycles. The third-order valence-corrected chi connectivity index (χ3v) is 8.97. The van der Waals surface area contributed by atoms with E-state index >= 15 is 0 Å². The molecule has 3 aromatic rings. The lowest BCUT2D eigenvalue weighted by molar-refractivity contribution is -0.163. The molecule has 10 heteroatoms. The van der Waals surface area contributed by atoms with Crippen LogP contribution >= 0.6 is 11.3 Å². The number of benzene rings is 2. The van der Waals surface area contributed by atoms with Gasteiger partial charge in [-0.2, -0.15) is 0 Å². The summed E-state index contributed by atoms with van der Waals surface area (Å²) in [5, 5.41) is 6.56. The van der Waals surface area contributed by atoms with Crippen molar-refractivity contribution in [1.82, 2.24) is 15.1 Å². The molecule has 0 bridgehead atoms. The van der Waals surface area contributed by atoms with E-state index in [0.29, 0.717) is 18.7 Å². The zero-order valence-corrected chi connectivity index (χ0v) is 26.0. The molecule has 2 saturated heterocycles. The second-order valence-electron chi connectivity index (χ2n) is 11.4. The highest BCUT2D eigenvalue weighted by Gasteiger charge is 2.33. The molecule has 2 atom stereocenters. The Bertz CT molecular complexity index is 1460. The van der Waals surface area contributed by atoms with Crippen LogP contribution in [-0.2, 0) is 20.8 Å². The third-order valence-electron chi connectivity index (χ3n) is 7.85. The van der Waals surface area contributed by atoms with E-state index in [-0.39, 0.29) is 18.0 Å². The molecule has 2 aliphatic rings. The van der Waals surface area contributed by atoms with E-state index in [1.165, 1.54) is 54.4 Å². The fourth-order valence-corrected chi connectivity index (χ4v) is 6.53. The van der Waals surface area contributed by atoms with Crippen molar-refractivity contribution in [3.8, 4) is 10.4 Å².